The summed E-state index contributed by atoms with van der Waals surface area (Å²) in [5.74, 6) is 0.721. The van der Waals surface area contributed by atoms with Gasteiger partial charge < -0.3 is 9.84 Å². The van der Waals surface area contributed by atoms with Gasteiger partial charge in [-0.1, -0.05) is 12.1 Å². The van der Waals surface area contributed by atoms with Crippen molar-refractivity contribution in [2.75, 3.05) is 26.7 Å². The monoisotopic (exact) mass is 341 g/mol. The van der Waals surface area contributed by atoms with Gasteiger partial charge in [0.25, 0.3) is 0 Å². The molecule has 25 heavy (non-hydrogen) atoms. The quantitative estimate of drug-likeness (QED) is 0.927. The molecule has 1 N–H and O–H groups in total. The van der Waals surface area contributed by atoms with Gasteiger partial charge in [-0.25, -0.2) is 4.98 Å². The van der Waals surface area contributed by atoms with E-state index in [4.69, 9.17) is 9.72 Å². The van der Waals surface area contributed by atoms with E-state index in [1.165, 1.54) is 5.56 Å². The van der Waals surface area contributed by atoms with Crippen LogP contribution in [0.3, 0.4) is 0 Å². The number of aliphatic hydroxyl groups is 1. The molecule has 5 heteroatoms. The Hall–Kier alpha value is -1.69. The molecule has 3 heterocycles. The standard InChI is InChI=1S/C20H27N3O2/c1-13-4-5-15-7-16(20(25-3)21-19(15)6-13)10-22-11-17-8-18(24)12-23(17)9-14(22)2/h4-7,14,17-18,24H,8-12H2,1-3H3/t14-,17-,18+/m0/s1. The first-order chi connectivity index (χ1) is 12.0. The lowest BCUT2D eigenvalue weighted by Crippen LogP contribution is -2.54. The van der Waals surface area contributed by atoms with Crippen molar-refractivity contribution in [2.45, 2.75) is 45.0 Å². The van der Waals surface area contributed by atoms with E-state index in [0.717, 1.165) is 54.9 Å². The highest BCUT2D eigenvalue weighted by atomic mass is 16.5. The van der Waals surface area contributed by atoms with E-state index in [2.05, 4.69) is 47.9 Å². The van der Waals surface area contributed by atoms with Gasteiger partial charge in [-0.2, -0.15) is 0 Å². The number of benzene rings is 1. The molecule has 0 unspecified atom stereocenters. The van der Waals surface area contributed by atoms with Crippen LogP contribution >= 0.6 is 0 Å². The number of fused-ring (bicyclic) bond motifs is 2. The van der Waals surface area contributed by atoms with Gasteiger partial charge in [0.1, 0.15) is 0 Å². The van der Waals surface area contributed by atoms with Crippen molar-refractivity contribution in [1.29, 1.82) is 0 Å². The molecule has 0 aliphatic carbocycles. The maximum absolute atomic E-state index is 9.95. The van der Waals surface area contributed by atoms with Crippen molar-refractivity contribution in [1.82, 2.24) is 14.8 Å². The van der Waals surface area contributed by atoms with Crippen LogP contribution in [0.1, 0.15) is 24.5 Å². The van der Waals surface area contributed by atoms with Crippen LogP contribution in [0.25, 0.3) is 10.9 Å². The zero-order valence-electron chi connectivity index (χ0n) is 15.3. The smallest absolute Gasteiger partial charge is 0.218 e. The molecule has 3 atom stereocenters. The van der Waals surface area contributed by atoms with Crippen LogP contribution in [0.4, 0.5) is 0 Å². The zero-order valence-corrected chi connectivity index (χ0v) is 15.3. The first-order valence-corrected chi connectivity index (χ1v) is 9.14. The van der Waals surface area contributed by atoms with Gasteiger partial charge in [0, 0.05) is 49.2 Å². The number of methoxy groups -OCH3 is 1. The maximum Gasteiger partial charge on any atom is 0.218 e. The predicted octanol–water partition coefficient (Wildman–Crippen LogP) is 2.19. The van der Waals surface area contributed by atoms with E-state index >= 15 is 0 Å². The van der Waals surface area contributed by atoms with Crippen molar-refractivity contribution < 1.29 is 9.84 Å². The van der Waals surface area contributed by atoms with Crippen molar-refractivity contribution in [3.05, 3.63) is 35.4 Å². The molecule has 0 spiro atoms. The van der Waals surface area contributed by atoms with E-state index in [1.54, 1.807) is 7.11 Å². The molecule has 1 aromatic heterocycles. The fourth-order valence-corrected chi connectivity index (χ4v) is 4.31. The minimum absolute atomic E-state index is 0.169. The minimum Gasteiger partial charge on any atom is -0.481 e. The van der Waals surface area contributed by atoms with Gasteiger partial charge in [-0.3, -0.25) is 9.80 Å². The SMILES string of the molecule is COc1nc2cc(C)ccc2cc1CN1C[C@@H]2C[C@@H](O)CN2C[C@@H]1C. The molecule has 2 fully saturated rings. The number of nitrogens with zero attached hydrogens (tertiary/aromatic N) is 3. The van der Waals surface area contributed by atoms with Gasteiger partial charge in [0.05, 0.1) is 18.7 Å². The van der Waals surface area contributed by atoms with Crippen molar-refractivity contribution in [2.24, 2.45) is 0 Å². The summed E-state index contributed by atoms with van der Waals surface area (Å²) in [6, 6.07) is 9.50. The van der Waals surface area contributed by atoms with E-state index < -0.39 is 0 Å². The Balaban J connectivity index is 1.60. The van der Waals surface area contributed by atoms with E-state index in [-0.39, 0.29) is 6.10 Å². The van der Waals surface area contributed by atoms with Crippen molar-refractivity contribution >= 4 is 10.9 Å². The Labute approximate surface area is 149 Å². The second kappa shape index (κ2) is 6.56. The molecular weight excluding hydrogens is 314 g/mol. The molecule has 0 bridgehead atoms. The third kappa shape index (κ3) is 3.24. The first-order valence-electron chi connectivity index (χ1n) is 9.14. The van der Waals surface area contributed by atoms with Crippen LogP contribution in [0.15, 0.2) is 24.3 Å². The Bertz CT molecular complexity index is 779. The number of rotatable bonds is 3. The second-order valence-electron chi connectivity index (χ2n) is 7.63. The highest BCUT2D eigenvalue weighted by Gasteiger charge is 2.38. The molecule has 5 nitrogen and oxygen atoms in total. The molecule has 0 saturated carbocycles. The van der Waals surface area contributed by atoms with Gasteiger partial charge >= 0.3 is 0 Å². The third-order valence-corrected chi connectivity index (χ3v) is 5.65. The number of ether oxygens (including phenoxy) is 1. The fourth-order valence-electron chi connectivity index (χ4n) is 4.31. The van der Waals surface area contributed by atoms with Crippen LogP contribution in [-0.4, -0.2) is 64.8 Å². The van der Waals surface area contributed by atoms with E-state index in [0.29, 0.717) is 12.1 Å². The largest absolute Gasteiger partial charge is 0.481 e. The number of piperazine rings is 1. The van der Waals surface area contributed by atoms with Crippen molar-refractivity contribution in [3.8, 4) is 5.88 Å². The van der Waals surface area contributed by atoms with Crippen LogP contribution in [0.5, 0.6) is 5.88 Å². The Kier molecular flexibility index (Phi) is 4.40. The highest BCUT2D eigenvalue weighted by molar-refractivity contribution is 5.80. The number of aliphatic hydroxyl groups excluding tert-OH is 1. The van der Waals surface area contributed by atoms with E-state index in [9.17, 15) is 5.11 Å². The number of hydrogen-bond donors (Lipinski definition) is 1. The Morgan fingerprint density at radius 1 is 1.24 bits per heavy atom. The second-order valence-corrected chi connectivity index (χ2v) is 7.63. The fraction of sp³-hybridized carbons (Fsp3) is 0.550. The number of pyridine rings is 1. The highest BCUT2D eigenvalue weighted by Crippen LogP contribution is 2.29. The number of aryl methyl sites for hydroxylation is 1. The average Bonchev–Trinajstić information content (AvgIpc) is 2.93. The summed E-state index contributed by atoms with van der Waals surface area (Å²) in [6.45, 7) is 8.02. The topological polar surface area (TPSA) is 48.8 Å². The molecule has 2 aliphatic rings. The van der Waals surface area contributed by atoms with Crippen LogP contribution < -0.4 is 4.74 Å². The Morgan fingerprint density at radius 3 is 2.88 bits per heavy atom. The lowest BCUT2D eigenvalue weighted by Gasteiger charge is -2.42. The normalized spacial score (nSPS) is 27.6. The molecule has 1 aromatic carbocycles. The van der Waals surface area contributed by atoms with Gasteiger partial charge in [-0.15, -0.1) is 0 Å². The summed E-state index contributed by atoms with van der Waals surface area (Å²) >= 11 is 0. The Morgan fingerprint density at radius 2 is 2.08 bits per heavy atom. The van der Waals surface area contributed by atoms with Crippen LogP contribution in [0, 0.1) is 6.92 Å². The summed E-state index contributed by atoms with van der Waals surface area (Å²) in [7, 11) is 1.70. The van der Waals surface area contributed by atoms with Crippen LogP contribution in [-0.2, 0) is 6.54 Å². The summed E-state index contributed by atoms with van der Waals surface area (Å²) in [5, 5.41) is 11.1. The summed E-state index contributed by atoms with van der Waals surface area (Å²) in [4.78, 5) is 9.66. The molecule has 2 saturated heterocycles. The van der Waals surface area contributed by atoms with Gasteiger partial charge in [0.2, 0.25) is 5.88 Å². The molecular formula is C20H27N3O2. The van der Waals surface area contributed by atoms with Crippen LogP contribution in [0.2, 0.25) is 0 Å². The number of hydrogen-bond acceptors (Lipinski definition) is 5. The average molecular weight is 341 g/mol. The van der Waals surface area contributed by atoms with Gasteiger partial charge in [-0.05, 0) is 38.0 Å². The molecule has 2 aromatic rings. The van der Waals surface area contributed by atoms with Gasteiger partial charge in [0.15, 0.2) is 0 Å². The summed E-state index contributed by atoms with van der Waals surface area (Å²) in [6.07, 6.45) is 0.715. The molecule has 4 rings (SSSR count). The lowest BCUT2D eigenvalue weighted by atomic mass is 10.1. The summed E-state index contributed by atoms with van der Waals surface area (Å²) in [5.41, 5.74) is 3.33. The van der Waals surface area contributed by atoms with E-state index in [1.807, 2.05) is 0 Å². The lowest BCUT2D eigenvalue weighted by molar-refractivity contribution is 0.0523. The summed E-state index contributed by atoms with van der Waals surface area (Å²) < 4.78 is 5.59. The predicted molar refractivity (Wildman–Crippen MR) is 98.9 cm³/mol. The molecule has 0 amide bonds. The molecule has 0 radical (unpaired) electrons. The zero-order chi connectivity index (χ0) is 17.6. The molecule has 134 valence electrons. The molecule has 2 aliphatic heterocycles. The minimum atomic E-state index is -0.169. The van der Waals surface area contributed by atoms with Crippen molar-refractivity contribution in [3.63, 3.8) is 0 Å². The number of aromatic nitrogens is 1. The first kappa shape index (κ1) is 16.8. The third-order valence-electron chi connectivity index (χ3n) is 5.65. The maximum atomic E-state index is 9.95.